The van der Waals surface area contributed by atoms with Crippen LogP contribution in [-0.2, 0) is 16.6 Å². The number of H-pyrrole nitrogens is 2. The Labute approximate surface area is 82.8 Å². The molecule has 74 valence electrons. The number of aromatic nitrogens is 2. The summed E-state index contributed by atoms with van der Waals surface area (Å²) in [6.07, 6.45) is 1.64. The predicted molar refractivity (Wildman–Crippen MR) is 56.7 cm³/mol. The minimum absolute atomic E-state index is 0.227. The second kappa shape index (κ2) is 3.42. The first-order valence-electron chi connectivity index (χ1n) is 4.17. The van der Waals surface area contributed by atoms with E-state index in [0.29, 0.717) is 5.75 Å². The minimum Gasteiger partial charge on any atom is -0.306 e. The standard InChI is InChI=1S/C9H10N2O2S/c1-14(13)5-6-3-2-4-7-8(6)11-9(12)10-7/h2-4H,5H2,1H3,(H2,10,11,12). The van der Waals surface area contributed by atoms with Crippen LogP contribution >= 0.6 is 0 Å². The smallest absolute Gasteiger partial charge is 0.306 e. The molecule has 2 N–H and O–H groups in total. The SMILES string of the molecule is CS(=O)Cc1cccc2[nH]c(=O)[nH]c12. The largest absolute Gasteiger partial charge is 0.323 e. The van der Waals surface area contributed by atoms with Gasteiger partial charge in [0.1, 0.15) is 0 Å². The van der Waals surface area contributed by atoms with Crippen LogP contribution < -0.4 is 5.69 Å². The molecule has 0 bridgehead atoms. The fourth-order valence-electron chi connectivity index (χ4n) is 1.46. The third-order valence-electron chi connectivity index (χ3n) is 2.00. The molecule has 0 fully saturated rings. The molecule has 14 heavy (non-hydrogen) atoms. The van der Waals surface area contributed by atoms with Crippen LogP contribution in [0.25, 0.3) is 11.0 Å². The van der Waals surface area contributed by atoms with Crippen molar-refractivity contribution in [3.63, 3.8) is 0 Å². The van der Waals surface area contributed by atoms with Gasteiger partial charge in [0.2, 0.25) is 0 Å². The number of fused-ring (bicyclic) bond motifs is 1. The van der Waals surface area contributed by atoms with Crippen molar-refractivity contribution in [2.75, 3.05) is 6.26 Å². The first-order chi connectivity index (χ1) is 6.66. The zero-order valence-electron chi connectivity index (χ0n) is 7.66. The first-order valence-corrected chi connectivity index (χ1v) is 5.89. The molecule has 1 atom stereocenters. The minimum atomic E-state index is -0.899. The molecule has 2 aromatic rings. The zero-order valence-corrected chi connectivity index (χ0v) is 8.48. The Kier molecular flexibility index (Phi) is 2.25. The zero-order chi connectivity index (χ0) is 10.1. The van der Waals surface area contributed by atoms with Gasteiger partial charge < -0.3 is 9.97 Å². The van der Waals surface area contributed by atoms with Crippen LogP contribution in [0.4, 0.5) is 0 Å². The molecule has 0 saturated carbocycles. The summed E-state index contributed by atoms with van der Waals surface area (Å²) in [5.41, 5.74) is 2.20. The third kappa shape index (κ3) is 1.63. The molecule has 0 saturated heterocycles. The Hall–Kier alpha value is -1.36. The van der Waals surface area contributed by atoms with Crippen molar-refractivity contribution in [1.82, 2.24) is 9.97 Å². The van der Waals surface area contributed by atoms with Crippen LogP contribution in [0.1, 0.15) is 5.56 Å². The molecule has 0 aliphatic rings. The molecule has 1 heterocycles. The van der Waals surface area contributed by atoms with E-state index in [2.05, 4.69) is 9.97 Å². The maximum Gasteiger partial charge on any atom is 0.323 e. The lowest BCUT2D eigenvalue weighted by Crippen LogP contribution is -2.00. The molecule has 2 rings (SSSR count). The number of imidazole rings is 1. The molecular weight excluding hydrogens is 200 g/mol. The third-order valence-corrected chi connectivity index (χ3v) is 2.71. The van der Waals surface area contributed by atoms with Crippen LogP contribution in [0.2, 0.25) is 0 Å². The van der Waals surface area contributed by atoms with Crippen molar-refractivity contribution in [2.24, 2.45) is 0 Å². The first kappa shape index (κ1) is 9.21. The van der Waals surface area contributed by atoms with Crippen molar-refractivity contribution >= 4 is 21.8 Å². The van der Waals surface area contributed by atoms with E-state index in [9.17, 15) is 9.00 Å². The number of rotatable bonds is 2. The lowest BCUT2D eigenvalue weighted by atomic mass is 10.2. The lowest BCUT2D eigenvalue weighted by molar-refractivity contribution is 0.686. The molecule has 1 unspecified atom stereocenters. The van der Waals surface area contributed by atoms with E-state index in [4.69, 9.17) is 0 Å². The topological polar surface area (TPSA) is 65.7 Å². The number of hydrogen-bond acceptors (Lipinski definition) is 2. The molecule has 0 aliphatic heterocycles. The van der Waals surface area contributed by atoms with Gasteiger partial charge in [0.25, 0.3) is 0 Å². The van der Waals surface area contributed by atoms with Crippen molar-refractivity contribution < 1.29 is 4.21 Å². The van der Waals surface area contributed by atoms with E-state index in [1.54, 1.807) is 6.26 Å². The summed E-state index contributed by atoms with van der Waals surface area (Å²) in [6.45, 7) is 0. The van der Waals surface area contributed by atoms with E-state index in [0.717, 1.165) is 16.6 Å². The summed E-state index contributed by atoms with van der Waals surface area (Å²) in [4.78, 5) is 16.4. The summed E-state index contributed by atoms with van der Waals surface area (Å²) in [6, 6.07) is 5.52. The van der Waals surface area contributed by atoms with Gasteiger partial charge in [0.15, 0.2) is 0 Å². The average molecular weight is 210 g/mol. The molecule has 0 spiro atoms. The highest BCUT2D eigenvalue weighted by atomic mass is 32.2. The van der Waals surface area contributed by atoms with E-state index < -0.39 is 10.8 Å². The van der Waals surface area contributed by atoms with Gasteiger partial charge in [-0.2, -0.15) is 0 Å². The highest BCUT2D eigenvalue weighted by Gasteiger charge is 2.04. The van der Waals surface area contributed by atoms with E-state index in [1.807, 2.05) is 18.2 Å². The highest BCUT2D eigenvalue weighted by Crippen LogP contribution is 2.14. The summed E-state index contributed by atoms with van der Waals surface area (Å²) < 4.78 is 11.1. The molecular formula is C9H10N2O2S. The monoisotopic (exact) mass is 210 g/mol. The molecule has 0 amide bonds. The molecule has 0 aliphatic carbocycles. The van der Waals surface area contributed by atoms with Crippen molar-refractivity contribution in [3.05, 3.63) is 34.2 Å². The highest BCUT2D eigenvalue weighted by molar-refractivity contribution is 7.83. The summed E-state index contributed by atoms with van der Waals surface area (Å²) >= 11 is 0. The van der Waals surface area contributed by atoms with Gasteiger partial charge >= 0.3 is 5.69 Å². The maximum atomic E-state index is 11.1. The van der Waals surface area contributed by atoms with Crippen LogP contribution in [0.5, 0.6) is 0 Å². The molecule has 5 heteroatoms. The second-order valence-corrected chi connectivity index (χ2v) is 4.57. The number of nitrogens with one attached hydrogen (secondary N) is 2. The molecule has 1 aromatic heterocycles. The molecule has 1 aromatic carbocycles. The quantitative estimate of drug-likeness (QED) is 0.767. The summed E-state index contributed by atoms with van der Waals surface area (Å²) in [5.74, 6) is 0.463. The van der Waals surface area contributed by atoms with Crippen LogP contribution in [0.15, 0.2) is 23.0 Å². The Balaban J connectivity index is 2.64. The molecule has 4 nitrogen and oxygen atoms in total. The number of para-hydroxylation sites is 1. The van der Waals surface area contributed by atoms with Crippen LogP contribution in [-0.4, -0.2) is 20.4 Å². The average Bonchev–Trinajstić information content (AvgIpc) is 2.45. The van der Waals surface area contributed by atoms with Gasteiger partial charge in [-0.15, -0.1) is 0 Å². The number of benzene rings is 1. The fraction of sp³-hybridized carbons (Fsp3) is 0.222. The summed E-state index contributed by atoms with van der Waals surface area (Å²) in [7, 11) is -0.899. The maximum absolute atomic E-state index is 11.1. The Morgan fingerprint density at radius 2 is 2.14 bits per heavy atom. The predicted octanol–water partition coefficient (Wildman–Crippen LogP) is 0.735. The Morgan fingerprint density at radius 3 is 2.86 bits per heavy atom. The Morgan fingerprint density at radius 1 is 1.36 bits per heavy atom. The van der Waals surface area contributed by atoms with Crippen LogP contribution in [0.3, 0.4) is 0 Å². The normalized spacial score (nSPS) is 13.2. The number of aromatic amines is 2. The van der Waals surface area contributed by atoms with Gasteiger partial charge in [-0.05, 0) is 11.6 Å². The van der Waals surface area contributed by atoms with E-state index >= 15 is 0 Å². The fourth-order valence-corrected chi connectivity index (χ4v) is 2.14. The number of hydrogen-bond donors (Lipinski definition) is 2. The van der Waals surface area contributed by atoms with Gasteiger partial charge in [-0.1, -0.05) is 12.1 Å². The summed E-state index contributed by atoms with van der Waals surface area (Å²) in [5, 5.41) is 0. The van der Waals surface area contributed by atoms with Gasteiger partial charge in [-0.25, -0.2) is 4.79 Å². The molecule has 0 radical (unpaired) electrons. The van der Waals surface area contributed by atoms with Crippen molar-refractivity contribution in [3.8, 4) is 0 Å². The Bertz CT molecular complexity index is 541. The van der Waals surface area contributed by atoms with Gasteiger partial charge in [0, 0.05) is 17.1 Å². The van der Waals surface area contributed by atoms with Crippen molar-refractivity contribution in [1.29, 1.82) is 0 Å². The van der Waals surface area contributed by atoms with Gasteiger partial charge in [0.05, 0.1) is 16.8 Å². The van der Waals surface area contributed by atoms with E-state index in [-0.39, 0.29) is 5.69 Å². The van der Waals surface area contributed by atoms with Crippen molar-refractivity contribution in [2.45, 2.75) is 5.75 Å². The lowest BCUT2D eigenvalue weighted by Gasteiger charge is -1.98. The van der Waals surface area contributed by atoms with Crippen LogP contribution in [0, 0.1) is 0 Å². The van der Waals surface area contributed by atoms with E-state index in [1.165, 1.54) is 0 Å². The second-order valence-electron chi connectivity index (χ2n) is 3.14. The van der Waals surface area contributed by atoms with Gasteiger partial charge in [-0.3, -0.25) is 4.21 Å².